The van der Waals surface area contributed by atoms with Gasteiger partial charge in [-0.3, -0.25) is 9.48 Å². The second kappa shape index (κ2) is 7.44. The fourth-order valence-electron chi connectivity index (χ4n) is 3.08. The number of carbonyl (C=O) groups excluding carboxylic acids is 1. The molecule has 1 aliphatic heterocycles. The van der Waals surface area contributed by atoms with Crippen molar-refractivity contribution in [3.8, 4) is 0 Å². The highest BCUT2D eigenvalue weighted by atomic mass is 32.1. The highest BCUT2D eigenvalue weighted by Crippen LogP contribution is 2.27. The van der Waals surface area contributed by atoms with Crippen LogP contribution in [0.15, 0.2) is 17.8 Å². The minimum Gasteiger partial charge on any atom is -0.355 e. The molecule has 1 fully saturated rings. The number of rotatable bonds is 6. The van der Waals surface area contributed by atoms with Gasteiger partial charge in [-0.25, -0.2) is 4.98 Å². The molecule has 1 aliphatic rings. The molecule has 0 radical (unpaired) electrons. The van der Waals surface area contributed by atoms with Crippen molar-refractivity contribution in [2.24, 2.45) is 13.0 Å². The zero-order valence-electron chi connectivity index (χ0n) is 14.5. The lowest BCUT2D eigenvalue weighted by atomic mass is 9.90. The molecule has 0 aliphatic carbocycles. The van der Waals surface area contributed by atoms with Crippen molar-refractivity contribution in [1.29, 1.82) is 0 Å². The number of nitrogens with one attached hydrogen (secondary N) is 2. The van der Waals surface area contributed by atoms with Gasteiger partial charge in [0.1, 0.15) is 0 Å². The van der Waals surface area contributed by atoms with Gasteiger partial charge in [-0.15, -0.1) is 11.3 Å². The van der Waals surface area contributed by atoms with E-state index in [1.54, 1.807) is 16.0 Å². The monoisotopic (exact) mass is 347 g/mol. The summed E-state index contributed by atoms with van der Waals surface area (Å²) in [4.78, 5) is 17.2. The first-order valence-corrected chi connectivity index (χ1v) is 9.34. The van der Waals surface area contributed by atoms with Gasteiger partial charge in [0, 0.05) is 56.5 Å². The van der Waals surface area contributed by atoms with E-state index in [0.29, 0.717) is 12.5 Å². The highest BCUT2D eigenvalue weighted by molar-refractivity contribution is 7.09. The molecular formula is C17H25N5OS. The summed E-state index contributed by atoms with van der Waals surface area (Å²) in [5.74, 6) is 0.748. The second-order valence-electron chi connectivity index (χ2n) is 6.69. The molecule has 7 heteroatoms. The van der Waals surface area contributed by atoms with E-state index in [9.17, 15) is 4.79 Å². The van der Waals surface area contributed by atoms with Crippen molar-refractivity contribution in [3.05, 3.63) is 34.0 Å². The Bertz CT molecular complexity index is 693. The first-order chi connectivity index (χ1) is 11.5. The highest BCUT2D eigenvalue weighted by Gasteiger charge is 2.34. The third-order valence-corrected chi connectivity index (χ3v) is 5.64. The SMILES string of the molecule is CC(C)c1nc(CCNC(=O)[C@H]2CNC[C@@H]2c2cnn(C)c2)cs1. The van der Waals surface area contributed by atoms with Gasteiger partial charge in [0.25, 0.3) is 0 Å². The van der Waals surface area contributed by atoms with E-state index in [1.807, 2.05) is 19.4 Å². The van der Waals surface area contributed by atoms with Gasteiger partial charge < -0.3 is 10.6 Å². The largest absolute Gasteiger partial charge is 0.355 e. The fourth-order valence-corrected chi connectivity index (χ4v) is 3.95. The molecule has 0 spiro atoms. The van der Waals surface area contributed by atoms with E-state index in [-0.39, 0.29) is 17.7 Å². The molecule has 2 atom stereocenters. The molecule has 3 heterocycles. The van der Waals surface area contributed by atoms with Crippen LogP contribution in [-0.4, -0.2) is 40.3 Å². The van der Waals surface area contributed by atoms with Crippen molar-refractivity contribution >= 4 is 17.2 Å². The van der Waals surface area contributed by atoms with E-state index in [1.165, 1.54) is 0 Å². The molecule has 2 N–H and O–H groups in total. The predicted octanol–water partition coefficient (Wildman–Crippen LogP) is 1.66. The Morgan fingerprint density at radius 1 is 1.50 bits per heavy atom. The summed E-state index contributed by atoms with van der Waals surface area (Å²) in [5.41, 5.74) is 2.20. The first-order valence-electron chi connectivity index (χ1n) is 8.46. The van der Waals surface area contributed by atoms with Crippen LogP contribution >= 0.6 is 11.3 Å². The minimum atomic E-state index is -0.0316. The van der Waals surface area contributed by atoms with Gasteiger partial charge >= 0.3 is 0 Å². The average molecular weight is 347 g/mol. The van der Waals surface area contributed by atoms with Gasteiger partial charge in [-0.1, -0.05) is 13.8 Å². The Hall–Kier alpha value is -1.73. The molecule has 0 aromatic carbocycles. The maximum absolute atomic E-state index is 12.5. The number of thiazole rings is 1. The number of carbonyl (C=O) groups is 1. The van der Waals surface area contributed by atoms with E-state index in [2.05, 4.69) is 39.9 Å². The summed E-state index contributed by atoms with van der Waals surface area (Å²) in [5, 5.41) is 13.9. The summed E-state index contributed by atoms with van der Waals surface area (Å²) >= 11 is 1.70. The van der Waals surface area contributed by atoms with Crippen molar-refractivity contribution in [3.63, 3.8) is 0 Å². The second-order valence-corrected chi connectivity index (χ2v) is 7.58. The lowest BCUT2D eigenvalue weighted by molar-refractivity contribution is -0.124. The number of aromatic nitrogens is 3. The van der Waals surface area contributed by atoms with Crippen LogP contribution in [0.2, 0.25) is 0 Å². The number of amides is 1. The molecule has 2 aromatic heterocycles. The fraction of sp³-hybridized carbons (Fsp3) is 0.588. The summed E-state index contributed by atoms with van der Waals surface area (Å²) in [6.45, 7) is 6.48. The maximum atomic E-state index is 12.5. The van der Waals surface area contributed by atoms with E-state index in [4.69, 9.17) is 0 Å². The van der Waals surface area contributed by atoms with Crippen molar-refractivity contribution in [2.75, 3.05) is 19.6 Å². The van der Waals surface area contributed by atoms with Crippen LogP contribution in [0.25, 0.3) is 0 Å². The zero-order chi connectivity index (χ0) is 17.1. The Morgan fingerprint density at radius 3 is 3.00 bits per heavy atom. The Labute approximate surface area is 146 Å². The number of nitrogens with zero attached hydrogens (tertiary/aromatic N) is 3. The average Bonchev–Trinajstić information content (AvgIpc) is 3.26. The number of hydrogen-bond donors (Lipinski definition) is 2. The molecule has 24 heavy (non-hydrogen) atoms. The van der Waals surface area contributed by atoms with Crippen LogP contribution in [0.1, 0.15) is 41.9 Å². The Balaban J connectivity index is 1.52. The number of hydrogen-bond acceptors (Lipinski definition) is 5. The first kappa shape index (κ1) is 17.1. The van der Waals surface area contributed by atoms with E-state index >= 15 is 0 Å². The molecule has 0 unspecified atom stereocenters. The summed E-state index contributed by atoms with van der Waals surface area (Å²) in [7, 11) is 1.90. The van der Waals surface area contributed by atoms with Crippen LogP contribution in [-0.2, 0) is 18.3 Å². The van der Waals surface area contributed by atoms with Gasteiger partial charge in [0.05, 0.1) is 22.8 Å². The van der Waals surface area contributed by atoms with Crippen LogP contribution in [0.4, 0.5) is 0 Å². The summed E-state index contributed by atoms with van der Waals surface area (Å²) in [6.07, 6.45) is 4.65. The quantitative estimate of drug-likeness (QED) is 0.834. The standard InChI is InChI=1S/C17H25N5OS/c1-11(2)17-21-13(10-24-17)4-5-19-16(23)15-8-18-7-14(15)12-6-20-22(3)9-12/h6,9-11,14-15,18H,4-5,7-8H2,1-3H3,(H,19,23)/t14-,15+/m1/s1. The van der Waals surface area contributed by atoms with Crippen molar-refractivity contribution in [2.45, 2.75) is 32.1 Å². The molecule has 1 saturated heterocycles. The van der Waals surface area contributed by atoms with Gasteiger partial charge in [-0.05, 0) is 5.56 Å². The van der Waals surface area contributed by atoms with Gasteiger partial charge in [-0.2, -0.15) is 5.10 Å². The van der Waals surface area contributed by atoms with E-state index < -0.39 is 0 Å². The van der Waals surface area contributed by atoms with Crippen molar-refractivity contribution in [1.82, 2.24) is 25.4 Å². The maximum Gasteiger partial charge on any atom is 0.225 e. The van der Waals surface area contributed by atoms with Gasteiger partial charge in [0.2, 0.25) is 5.91 Å². The van der Waals surface area contributed by atoms with Crippen LogP contribution in [0.5, 0.6) is 0 Å². The molecule has 130 valence electrons. The molecule has 0 saturated carbocycles. The Kier molecular flexibility index (Phi) is 5.30. The zero-order valence-corrected chi connectivity index (χ0v) is 15.3. The van der Waals surface area contributed by atoms with E-state index in [0.717, 1.165) is 35.8 Å². The normalized spacial score (nSPS) is 20.7. The molecule has 0 bridgehead atoms. The molecule has 2 aromatic rings. The molecular weight excluding hydrogens is 322 g/mol. The lowest BCUT2D eigenvalue weighted by Crippen LogP contribution is -2.35. The molecule has 3 rings (SSSR count). The van der Waals surface area contributed by atoms with Crippen LogP contribution in [0, 0.1) is 5.92 Å². The Morgan fingerprint density at radius 2 is 2.33 bits per heavy atom. The lowest BCUT2D eigenvalue weighted by Gasteiger charge is -2.16. The minimum absolute atomic E-state index is 0.0316. The van der Waals surface area contributed by atoms with Crippen LogP contribution in [0.3, 0.4) is 0 Å². The summed E-state index contributed by atoms with van der Waals surface area (Å²) < 4.78 is 1.79. The topological polar surface area (TPSA) is 71.8 Å². The van der Waals surface area contributed by atoms with Gasteiger partial charge in [0.15, 0.2) is 0 Å². The third kappa shape index (κ3) is 3.84. The molecule has 1 amide bonds. The third-order valence-electron chi connectivity index (χ3n) is 4.45. The van der Waals surface area contributed by atoms with Crippen molar-refractivity contribution < 1.29 is 4.79 Å². The molecule has 6 nitrogen and oxygen atoms in total. The predicted molar refractivity (Wildman–Crippen MR) is 95.2 cm³/mol. The van der Waals surface area contributed by atoms with Crippen LogP contribution < -0.4 is 10.6 Å². The smallest absolute Gasteiger partial charge is 0.225 e. The summed E-state index contributed by atoms with van der Waals surface area (Å²) in [6, 6.07) is 0. The number of aryl methyl sites for hydroxylation is 1.